The van der Waals surface area contributed by atoms with Crippen LogP contribution in [-0.4, -0.2) is 11.1 Å². The molecule has 0 saturated heterocycles. The summed E-state index contributed by atoms with van der Waals surface area (Å²) in [6.07, 6.45) is 11.3. The van der Waals surface area contributed by atoms with Gasteiger partial charge in [-0.3, -0.25) is 0 Å². The van der Waals surface area contributed by atoms with Gasteiger partial charge >= 0.3 is 5.97 Å². The first-order valence-corrected chi connectivity index (χ1v) is 7.84. The first kappa shape index (κ1) is 22.9. The van der Waals surface area contributed by atoms with E-state index in [1.165, 1.54) is 18.4 Å². The Labute approximate surface area is 141 Å². The lowest BCUT2D eigenvalue weighted by Gasteiger charge is -1.93. The number of hydrogen-bond donors (Lipinski definition) is 1. The van der Waals surface area contributed by atoms with E-state index >= 15 is 0 Å². The number of hydrogen-bond acceptors (Lipinski definition) is 1. The molecule has 2 heteroatoms. The molecule has 1 aromatic carbocycles. The van der Waals surface area contributed by atoms with E-state index in [9.17, 15) is 4.79 Å². The number of carboxylic acid groups (broad SMARTS) is 1. The fourth-order valence-corrected chi connectivity index (χ4v) is 1.39. The molecule has 0 aliphatic heterocycles. The second kappa shape index (κ2) is 17.7. The first-order chi connectivity index (χ1) is 11.0. The van der Waals surface area contributed by atoms with Crippen molar-refractivity contribution in [1.82, 2.24) is 0 Å². The van der Waals surface area contributed by atoms with Gasteiger partial charge in [0.15, 0.2) is 0 Å². The van der Waals surface area contributed by atoms with E-state index in [-0.39, 0.29) is 0 Å². The third kappa shape index (κ3) is 17.6. The van der Waals surface area contributed by atoms with E-state index in [4.69, 9.17) is 5.11 Å². The molecule has 0 amide bonds. The summed E-state index contributed by atoms with van der Waals surface area (Å²) in [4.78, 5) is 10.3. The van der Waals surface area contributed by atoms with Crippen molar-refractivity contribution in [1.29, 1.82) is 0 Å². The number of rotatable bonds is 7. The standard InChI is InChI=1S/C9H16O2.C8H8.C4H6/c1-3-4-5-6-7-8(2)9(10)11;1-2-8-6-4-3-5-7-8;1-3-4-2/h7H,3-6H2,1-2H3,(H,10,11);2-7H,1H2;3-4H,1-2H2. The third-order valence-electron chi connectivity index (χ3n) is 2.80. The van der Waals surface area contributed by atoms with Gasteiger partial charge in [0.2, 0.25) is 0 Å². The van der Waals surface area contributed by atoms with Crippen LogP contribution < -0.4 is 0 Å². The normalized spacial score (nSPS) is 9.39. The average Bonchev–Trinajstić information content (AvgIpc) is 2.60. The van der Waals surface area contributed by atoms with Gasteiger partial charge in [0.25, 0.3) is 0 Å². The molecule has 0 saturated carbocycles. The van der Waals surface area contributed by atoms with Gasteiger partial charge in [-0.25, -0.2) is 4.79 Å². The van der Waals surface area contributed by atoms with Crippen molar-refractivity contribution in [3.63, 3.8) is 0 Å². The van der Waals surface area contributed by atoms with Gasteiger partial charge in [0, 0.05) is 5.57 Å². The highest BCUT2D eigenvalue weighted by Gasteiger charge is 1.96. The summed E-state index contributed by atoms with van der Waals surface area (Å²) < 4.78 is 0. The van der Waals surface area contributed by atoms with Crippen molar-refractivity contribution in [2.75, 3.05) is 0 Å². The molecular formula is C21H30O2. The van der Waals surface area contributed by atoms with Gasteiger partial charge in [0.05, 0.1) is 0 Å². The monoisotopic (exact) mass is 314 g/mol. The number of allylic oxidation sites excluding steroid dienone is 3. The Morgan fingerprint density at radius 2 is 1.65 bits per heavy atom. The molecule has 0 heterocycles. The summed E-state index contributed by atoms with van der Waals surface area (Å²) in [6, 6.07) is 10.0. The topological polar surface area (TPSA) is 37.3 Å². The molecule has 0 aliphatic carbocycles. The molecule has 0 aliphatic rings. The number of aliphatic carboxylic acids is 1. The highest BCUT2D eigenvalue weighted by Crippen LogP contribution is 2.02. The molecule has 126 valence electrons. The molecule has 0 atom stereocenters. The molecule has 0 spiro atoms. The lowest BCUT2D eigenvalue weighted by molar-refractivity contribution is -0.132. The Hall–Kier alpha value is -2.35. The maximum atomic E-state index is 10.3. The average molecular weight is 314 g/mol. The molecular weight excluding hydrogens is 284 g/mol. The lowest BCUT2D eigenvalue weighted by Crippen LogP contribution is -1.95. The van der Waals surface area contributed by atoms with Gasteiger partial charge in [-0.2, -0.15) is 0 Å². The first-order valence-electron chi connectivity index (χ1n) is 7.84. The molecule has 1 aromatic rings. The van der Waals surface area contributed by atoms with Crippen molar-refractivity contribution < 1.29 is 9.90 Å². The molecule has 0 bridgehead atoms. The van der Waals surface area contributed by atoms with Gasteiger partial charge in [-0.15, -0.1) is 0 Å². The fraction of sp³-hybridized carbons (Fsp3) is 0.286. The summed E-state index contributed by atoms with van der Waals surface area (Å²) in [5.41, 5.74) is 1.63. The van der Waals surface area contributed by atoms with Crippen molar-refractivity contribution in [2.45, 2.75) is 39.5 Å². The van der Waals surface area contributed by atoms with E-state index < -0.39 is 5.97 Å². The maximum absolute atomic E-state index is 10.3. The molecule has 0 aromatic heterocycles. The lowest BCUT2D eigenvalue weighted by atomic mass is 10.1. The van der Waals surface area contributed by atoms with Gasteiger partial charge in [-0.05, 0) is 25.3 Å². The van der Waals surface area contributed by atoms with Gasteiger partial charge in [0.1, 0.15) is 0 Å². The second-order valence-corrected chi connectivity index (χ2v) is 4.77. The van der Waals surface area contributed by atoms with E-state index in [1.54, 1.807) is 25.2 Å². The molecule has 1 rings (SSSR count). The van der Waals surface area contributed by atoms with Gasteiger partial charge < -0.3 is 5.11 Å². The van der Waals surface area contributed by atoms with E-state index in [1.807, 2.05) is 36.4 Å². The molecule has 23 heavy (non-hydrogen) atoms. The Morgan fingerprint density at radius 3 is 2.00 bits per heavy atom. The molecule has 0 unspecified atom stereocenters. The Kier molecular flexibility index (Phi) is 17.6. The quantitative estimate of drug-likeness (QED) is 0.365. The van der Waals surface area contributed by atoms with Crippen LogP contribution in [0, 0.1) is 0 Å². The predicted octanol–water partition coefficient (Wildman–Crippen LogP) is 6.29. The van der Waals surface area contributed by atoms with Crippen LogP contribution in [0.4, 0.5) is 0 Å². The summed E-state index contributed by atoms with van der Waals surface area (Å²) in [7, 11) is 0. The van der Waals surface area contributed by atoms with Crippen molar-refractivity contribution >= 4 is 12.0 Å². The van der Waals surface area contributed by atoms with E-state index in [0.29, 0.717) is 5.57 Å². The summed E-state index contributed by atoms with van der Waals surface area (Å²) in [6.45, 7) is 14.1. The summed E-state index contributed by atoms with van der Waals surface area (Å²) in [5.74, 6) is -0.804. The highest BCUT2D eigenvalue weighted by atomic mass is 16.4. The van der Waals surface area contributed by atoms with Crippen molar-refractivity contribution in [2.24, 2.45) is 0 Å². The van der Waals surface area contributed by atoms with Crippen LogP contribution >= 0.6 is 0 Å². The Morgan fingerprint density at radius 1 is 1.09 bits per heavy atom. The predicted molar refractivity (Wildman–Crippen MR) is 102 cm³/mol. The van der Waals surface area contributed by atoms with Gasteiger partial charge in [-0.1, -0.05) is 94.1 Å². The maximum Gasteiger partial charge on any atom is 0.330 e. The number of benzene rings is 1. The van der Waals surface area contributed by atoms with Crippen LogP contribution in [0.5, 0.6) is 0 Å². The van der Waals surface area contributed by atoms with Crippen LogP contribution in [0.2, 0.25) is 0 Å². The smallest absolute Gasteiger partial charge is 0.330 e. The largest absolute Gasteiger partial charge is 0.478 e. The van der Waals surface area contributed by atoms with Crippen LogP contribution in [0.15, 0.2) is 73.9 Å². The summed E-state index contributed by atoms with van der Waals surface area (Å²) in [5, 5.41) is 8.47. The fourth-order valence-electron chi connectivity index (χ4n) is 1.39. The van der Waals surface area contributed by atoms with Crippen LogP contribution in [0.3, 0.4) is 0 Å². The number of unbranched alkanes of at least 4 members (excludes halogenated alkanes) is 3. The minimum atomic E-state index is -0.804. The number of carbonyl (C=O) groups is 1. The van der Waals surface area contributed by atoms with E-state index in [0.717, 1.165) is 12.8 Å². The third-order valence-corrected chi connectivity index (χ3v) is 2.80. The SMILES string of the molecule is C=CC=C.C=Cc1ccccc1.CCCCCC=C(C)C(=O)O. The summed E-state index contributed by atoms with van der Waals surface area (Å²) >= 11 is 0. The van der Waals surface area contributed by atoms with Crippen LogP contribution in [0.1, 0.15) is 45.1 Å². The second-order valence-electron chi connectivity index (χ2n) is 4.77. The van der Waals surface area contributed by atoms with Crippen LogP contribution in [-0.2, 0) is 4.79 Å². The number of carboxylic acids is 1. The molecule has 1 N–H and O–H groups in total. The zero-order valence-corrected chi connectivity index (χ0v) is 14.5. The minimum Gasteiger partial charge on any atom is -0.478 e. The zero-order chi connectivity index (χ0) is 17.9. The minimum absolute atomic E-state index is 0.459. The Bertz CT molecular complexity index is 464. The zero-order valence-electron chi connectivity index (χ0n) is 14.5. The van der Waals surface area contributed by atoms with Crippen molar-refractivity contribution in [3.8, 4) is 0 Å². The molecule has 0 fully saturated rings. The highest BCUT2D eigenvalue weighted by molar-refractivity contribution is 5.85. The van der Waals surface area contributed by atoms with E-state index in [2.05, 4.69) is 26.7 Å². The van der Waals surface area contributed by atoms with Crippen molar-refractivity contribution in [3.05, 3.63) is 79.4 Å². The molecule has 2 nitrogen and oxygen atoms in total. The van der Waals surface area contributed by atoms with Crippen LogP contribution in [0.25, 0.3) is 6.08 Å². The Balaban J connectivity index is 0. The molecule has 0 radical (unpaired) electrons.